The van der Waals surface area contributed by atoms with E-state index in [0.717, 1.165) is 17.1 Å². The molecule has 0 aromatic heterocycles. The van der Waals surface area contributed by atoms with E-state index in [1.165, 1.54) is 0 Å². The molecule has 1 unspecified atom stereocenters. The van der Waals surface area contributed by atoms with Gasteiger partial charge in [0, 0.05) is 30.8 Å². The third-order valence-electron chi connectivity index (χ3n) is 5.02. The predicted molar refractivity (Wildman–Crippen MR) is 107 cm³/mol. The summed E-state index contributed by atoms with van der Waals surface area (Å²) in [6, 6.07) is 12.7. The Bertz CT molecular complexity index is 897. The van der Waals surface area contributed by atoms with Gasteiger partial charge in [-0.2, -0.15) is 0 Å². The number of benzene rings is 2. The Hall–Kier alpha value is -3.06. The number of nitrogens with one attached hydrogen (secondary N) is 1. The molecule has 0 bridgehead atoms. The first-order chi connectivity index (χ1) is 14.1. The molecule has 1 fully saturated rings. The zero-order chi connectivity index (χ0) is 20.2. The standard InChI is InChI=1S/C22H24N2O5/c1-15-13-24(10-11-27-15)22(26)17-4-6-18(7-5-17)23-21(25)9-3-16-2-8-19-20(12-16)29-14-28-19/h2,4-8,12,15H,3,9-11,13-14H2,1H3,(H,23,25). The second kappa shape index (κ2) is 8.53. The predicted octanol–water partition coefficient (Wildman–Crippen LogP) is 2.85. The molecule has 7 heteroatoms. The molecule has 1 saturated heterocycles. The van der Waals surface area contributed by atoms with E-state index in [9.17, 15) is 9.59 Å². The van der Waals surface area contributed by atoms with Gasteiger partial charge < -0.3 is 24.4 Å². The van der Waals surface area contributed by atoms with Gasteiger partial charge in [-0.1, -0.05) is 6.07 Å². The second-order valence-electron chi connectivity index (χ2n) is 7.25. The lowest BCUT2D eigenvalue weighted by Gasteiger charge is -2.31. The molecule has 0 saturated carbocycles. The number of fused-ring (bicyclic) bond motifs is 1. The quantitative estimate of drug-likeness (QED) is 0.841. The molecule has 2 aromatic rings. The molecule has 2 amide bonds. The number of ether oxygens (including phenoxy) is 3. The van der Waals surface area contributed by atoms with Crippen molar-refractivity contribution in [1.29, 1.82) is 0 Å². The second-order valence-corrected chi connectivity index (χ2v) is 7.25. The third-order valence-corrected chi connectivity index (χ3v) is 5.02. The number of carbonyl (C=O) groups excluding carboxylic acids is 2. The molecule has 152 valence electrons. The molecule has 0 radical (unpaired) electrons. The highest BCUT2D eigenvalue weighted by Gasteiger charge is 2.22. The van der Waals surface area contributed by atoms with E-state index in [-0.39, 0.29) is 24.7 Å². The van der Waals surface area contributed by atoms with Gasteiger partial charge in [0.15, 0.2) is 11.5 Å². The third kappa shape index (κ3) is 4.68. The Morgan fingerprint density at radius 2 is 1.90 bits per heavy atom. The molecule has 2 aliphatic heterocycles. The van der Waals surface area contributed by atoms with Crippen molar-refractivity contribution < 1.29 is 23.8 Å². The van der Waals surface area contributed by atoms with E-state index in [0.29, 0.717) is 43.8 Å². The van der Waals surface area contributed by atoms with Crippen molar-refractivity contribution in [3.63, 3.8) is 0 Å². The fraction of sp³-hybridized carbons (Fsp3) is 0.364. The van der Waals surface area contributed by atoms with Crippen molar-refractivity contribution in [2.24, 2.45) is 0 Å². The summed E-state index contributed by atoms with van der Waals surface area (Å²) in [6.45, 7) is 3.95. The number of carbonyl (C=O) groups is 2. The van der Waals surface area contributed by atoms with Gasteiger partial charge in [0.1, 0.15) is 0 Å². The highest BCUT2D eigenvalue weighted by molar-refractivity contribution is 5.96. The van der Waals surface area contributed by atoms with Crippen molar-refractivity contribution in [2.75, 3.05) is 31.8 Å². The summed E-state index contributed by atoms with van der Waals surface area (Å²) in [4.78, 5) is 26.6. The van der Waals surface area contributed by atoms with Crippen LogP contribution in [0.2, 0.25) is 0 Å². The van der Waals surface area contributed by atoms with Gasteiger partial charge >= 0.3 is 0 Å². The highest BCUT2D eigenvalue weighted by atomic mass is 16.7. The Morgan fingerprint density at radius 1 is 1.10 bits per heavy atom. The molecule has 0 aliphatic carbocycles. The normalized spacial score (nSPS) is 17.8. The van der Waals surface area contributed by atoms with Crippen LogP contribution in [0, 0.1) is 0 Å². The van der Waals surface area contributed by atoms with Gasteiger partial charge in [-0.05, 0) is 55.3 Å². The minimum atomic E-state index is -0.0799. The van der Waals surface area contributed by atoms with E-state index in [4.69, 9.17) is 14.2 Å². The largest absolute Gasteiger partial charge is 0.454 e. The fourth-order valence-corrected chi connectivity index (χ4v) is 3.46. The molecular formula is C22H24N2O5. The monoisotopic (exact) mass is 396 g/mol. The summed E-state index contributed by atoms with van der Waals surface area (Å²) >= 11 is 0. The Labute approximate surface area is 169 Å². The first kappa shape index (κ1) is 19.3. The minimum absolute atomic E-state index is 0.0131. The van der Waals surface area contributed by atoms with E-state index in [2.05, 4.69) is 5.32 Å². The summed E-state index contributed by atoms with van der Waals surface area (Å²) in [7, 11) is 0. The van der Waals surface area contributed by atoms with Crippen LogP contribution in [0.15, 0.2) is 42.5 Å². The lowest BCUT2D eigenvalue weighted by atomic mass is 10.1. The molecule has 1 N–H and O–H groups in total. The number of morpholine rings is 1. The zero-order valence-electron chi connectivity index (χ0n) is 16.3. The first-order valence-electron chi connectivity index (χ1n) is 9.78. The number of amides is 2. The van der Waals surface area contributed by atoms with Crippen LogP contribution < -0.4 is 14.8 Å². The Kier molecular flexibility index (Phi) is 5.67. The van der Waals surface area contributed by atoms with Crippen LogP contribution in [0.5, 0.6) is 11.5 Å². The van der Waals surface area contributed by atoms with E-state index < -0.39 is 0 Å². The zero-order valence-corrected chi connectivity index (χ0v) is 16.3. The topological polar surface area (TPSA) is 77.1 Å². The number of nitrogens with zero attached hydrogens (tertiary/aromatic N) is 1. The molecule has 0 spiro atoms. The van der Waals surface area contributed by atoms with Crippen molar-refractivity contribution in [2.45, 2.75) is 25.9 Å². The van der Waals surface area contributed by atoms with Gasteiger partial charge in [-0.25, -0.2) is 0 Å². The highest BCUT2D eigenvalue weighted by Crippen LogP contribution is 2.32. The van der Waals surface area contributed by atoms with Gasteiger partial charge in [-0.3, -0.25) is 9.59 Å². The van der Waals surface area contributed by atoms with Gasteiger partial charge in [0.05, 0.1) is 12.7 Å². The average molecular weight is 396 g/mol. The van der Waals surface area contributed by atoms with Crippen molar-refractivity contribution in [3.05, 3.63) is 53.6 Å². The number of anilines is 1. The van der Waals surface area contributed by atoms with E-state index >= 15 is 0 Å². The van der Waals surface area contributed by atoms with Crippen LogP contribution in [0.25, 0.3) is 0 Å². The van der Waals surface area contributed by atoms with Gasteiger partial charge in [0.25, 0.3) is 5.91 Å². The lowest BCUT2D eigenvalue weighted by molar-refractivity contribution is -0.116. The van der Waals surface area contributed by atoms with Crippen LogP contribution in [0.3, 0.4) is 0 Å². The number of hydrogen-bond acceptors (Lipinski definition) is 5. The maximum Gasteiger partial charge on any atom is 0.254 e. The molecule has 2 aliphatic rings. The molecule has 2 heterocycles. The molecule has 7 nitrogen and oxygen atoms in total. The summed E-state index contributed by atoms with van der Waals surface area (Å²) in [5, 5.41) is 2.88. The molecule has 1 atom stereocenters. The van der Waals surface area contributed by atoms with E-state index in [1.54, 1.807) is 29.2 Å². The lowest BCUT2D eigenvalue weighted by Crippen LogP contribution is -2.44. The SMILES string of the molecule is CC1CN(C(=O)c2ccc(NC(=O)CCc3ccc4c(c3)OCO4)cc2)CCO1. The average Bonchev–Trinajstić information content (AvgIpc) is 3.20. The number of hydrogen-bond donors (Lipinski definition) is 1. The van der Waals surface area contributed by atoms with Crippen molar-refractivity contribution >= 4 is 17.5 Å². The first-order valence-corrected chi connectivity index (χ1v) is 9.78. The molecule has 4 rings (SSSR count). The molecule has 29 heavy (non-hydrogen) atoms. The van der Waals surface area contributed by atoms with E-state index in [1.807, 2.05) is 25.1 Å². The van der Waals surface area contributed by atoms with Crippen molar-refractivity contribution in [1.82, 2.24) is 4.90 Å². The molecular weight excluding hydrogens is 372 g/mol. The smallest absolute Gasteiger partial charge is 0.254 e. The molecule has 2 aromatic carbocycles. The summed E-state index contributed by atoms with van der Waals surface area (Å²) < 4.78 is 16.1. The minimum Gasteiger partial charge on any atom is -0.454 e. The van der Waals surface area contributed by atoms with Crippen LogP contribution in [0.1, 0.15) is 29.3 Å². The maximum atomic E-state index is 12.6. The summed E-state index contributed by atoms with van der Waals surface area (Å²) in [6.07, 6.45) is 1.01. The van der Waals surface area contributed by atoms with Gasteiger partial charge in [-0.15, -0.1) is 0 Å². The fourth-order valence-electron chi connectivity index (χ4n) is 3.46. The Morgan fingerprint density at radius 3 is 2.69 bits per heavy atom. The van der Waals surface area contributed by atoms with Crippen LogP contribution in [-0.4, -0.2) is 49.3 Å². The van der Waals surface area contributed by atoms with Crippen LogP contribution in [0.4, 0.5) is 5.69 Å². The summed E-state index contributed by atoms with van der Waals surface area (Å²) in [5.74, 6) is 1.36. The van der Waals surface area contributed by atoms with Crippen molar-refractivity contribution in [3.8, 4) is 11.5 Å². The summed E-state index contributed by atoms with van der Waals surface area (Å²) in [5.41, 5.74) is 2.30. The number of rotatable bonds is 5. The number of aryl methyl sites for hydroxylation is 1. The maximum absolute atomic E-state index is 12.6. The van der Waals surface area contributed by atoms with Crippen LogP contribution >= 0.6 is 0 Å². The van der Waals surface area contributed by atoms with Gasteiger partial charge in [0.2, 0.25) is 12.7 Å². The van der Waals surface area contributed by atoms with Crippen LogP contribution in [-0.2, 0) is 16.0 Å². The Balaban J connectivity index is 1.29.